The van der Waals surface area contributed by atoms with Crippen LogP contribution in [0.4, 0.5) is 0 Å². The van der Waals surface area contributed by atoms with Crippen LogP contribution in [0.2, 0.25) is 0 Å². The van der Waals surface area contributed by atoms with Crippen molar-refractivity contribution >= 4 is 11.8 Å². The summed E-state index contributed by atoms with van der Waals surface area (Å²) in [6.07, 6.45) is 7.79. The molecule has 1 aromatic heterocycles. The lowest BCUT2D eigenvalue weighted by atomic mass is 9.98. The Labute approximate surface area is 165 Å². The number of nitrogens with one attached hydrogen (secondary N) is 1. The Bertz CT molecular complexity index is 841. The molecule has 1 N–H and O–H groups in total. The molecule has 1 aliphatic carbocycles. The van der Waals surface area contributed by atoms with E-state index in [0.29, 0.717) is 18.3 Å². The number of hydrogen-bond acceptors (Lipinski definition) is 4. The van der Waals surface area contributed by atoms with Crippen LogP contribution in [-0.4, -0.2) is 50.3 Å². The Morgan fingerprint density at radius 3 is 2.68 bits per heavy atom. The SMILES string of the molecule is Cc1ccc(C(=O)N2CCCCC2CCn2cc(C(=O)NC3CC3)nn2)cc1. The van der Waals surface area contributed by atoms with Crippen molar-refractivity contribution in [3.63, 3.8) is 0 Å². The van der Waals surface area contributed by atoms with Crippen LogP contribution in [0.1, 0.15) is 64.9 Å². The number of aromatic nitrogens is 3. The molecule has 2 heterocycles. The number of hydrogen-bond donors (Lipinski definition) is 1. The first-order valence-electron chi connectivity index (χ1n) is 10.2. The molecule has 7 nitrogen and oxygen atoms in total. The molecule has 2 aliphatic rings. The second-order valence-electron chi connectivity index (χ2n) is 7.92. The van der Waals surface area contributed by atoms with Crippen LogP contribution in [0.15, 0.2) is 30.5 Å². The fourth-order valence-electron chi connectivity index (χ4n) is 3.71. The van der Waals surface area contributed by atoms with E-state index in [1.807, 2.05) is 36.1 Å². The summed E-state index contributed by atoms with van der Waals surface area (Å²) in [5, 5.41) is 11.0. The molecule has 1 unspecified atom stereocenters. The molecule has 7 heteroatoms. The number of benzene rings is 1. The molecule has 1 atom stereocenters. The number of likely N-dealkylation sites (tertiary alicyclic amines) is 1. The minimum Gasteiger partial charge on any atom is -0.348 e. The van der Waals surface area contributed by atoms with Gasteiger partial charge in [0.25, 0.3) is 11.8 Å². The van der Waals surface area contributed by atoms with E-state index < -0.39 is 0 Å². The van der Waals surface area contributed by atoms with E-state index in [2.05, 4.69) is 15.6 Å². The van der Waals surface area contributed by atoms with Gasteiger partial charge in [-0.05, 0) is 57.6 Å². The third kappa shape index (κ3) is 4.40. The van der Waals surface area contributed by atoms with Crippen LogP contribution in [-0.2, 0) is 6.54 Å². The molecule has 0 spiro atoms. The molecule has 4 rings (SSSR count). The minimum absolute atomic E-state index is 0.104. The largest absolute Gasteiger partial charge is 0.348 e. The van der Waals surface area contributed by atoms with E-state index in [9.17, 15) is 9.59 Å². The summed E-state index contributed by atoms with van der Waals surface area (Å²) in [5.41, 5.74) is 2.26. The highest BCUT2D eigenvalue weighted by Crippen LogP contribution is 2.23. The summed E-state index contributed by atoms with van der Waals surface area (Å²) in [6.45, 7) is 3.46. The predicted molar refractivity (Wildman–Crippen MR) is 105 cm³/mol. The highest BCUT2D eigenvalue weighted by Gasteiger charge is 2.28. The van der Waals surface area contributed by atoms with Crippen molar-refractivity contribution in [3.8, 4) is 0 Å². The summed E-state index contributed by atoms with van der Waals surface area (Å²) in [6, 6.07) is 8.28. The lowest BCUT2D eigenvalue weighted by molar-refractivity contribution is 0.0593. The monoisotopic (exact) mass is 381 g/mol. The van der Waals surface area contributed by atoms with Gasteiger partial charge in [0.15, 0.2) is 5.69 Å². The zero-order valence-corrected chi connectivity index (χ0v) is 16.3. The van der Waals surface area contributed by atoms with Gasteiger partial charge in [0.05, 0.1) is 6.20 Å². The molecule has 2 amide bonds. The van der Waals surface area contributed by atoms with Crippen LogP contribution in [0.5, 0.6) is 0 Å². The summed E-state index contributed by atoms with van der Waals surface area (Å²) in [4.78, 5) is 27.0. The maximum atomic E-state index is 13.0. The van der Waals surface area contributed by atoms with Gasteiger partial charge in [-0.3, -0.25) is 14.3 Å². The highest BCUT2D eigenvalue weighted by atomic mass is 16.2. The Hall–Kier alpha value is -2.70. The second kappa shape index (κ2) is 8.12. The van der Waals surface area contributed by atoms with Gasteiger partial charge in [0, 0.05) is 30.7 Å². The van der Waals surface area contributed by atoms with Gasteiger partial charge in [-0.15, -0.1) is 5.10 Å². The molecular weight excluding hydrogens is 354 g/mol. The molecule has 2 fully saturated rings. The average molecular weight is 381 g/mol. The van der Waals surface area contributed by atoms with Gasteiger partial charge in [0.2, 0.25) is 0 Å². The van der Waals surface area contributed by atoms with Crippen LogP contribution in [0.25, 0.3) is 0 Å². The van der Waals surface area contributed by atoms with Crippen molar-refractivity contribution in [2.75, 3.05) is 6.54 Å². The number of aryl methyl sites for hydroxylation is 2. The molecule has 0 bridgehead atoms. The zero-order valence-electron chi connectivity index (χ0n) is 16.3. The zero-order chi connectivity index (χ0) is 19.5. The first-order chi connectivity index (χ1) is 13.6. The topological polar surface area (TPSA) is 80.1 Å². The van der Waals surface area contributed by atoms with E-state index in [1.165, 1.54) is 0 Å². The van der Waals surface area contributed by atoms with Crippen molar-refractivity contribution in [3.05, 3.63) is 47.3 Å². The first kappa shape index (κ1) is 18.7. The van der Waals surface area contributed by atoms with Gasteiger partial charge >= 0.3 is 0 Å². The average Bonchev–Trinajstić information content (AvgIpc) is 3.39. The number of rotatable bonds is 6. The molecule has 1 saturated heterocycles. The van der Waals surface area contributed by atoms with Gasteiger partial charge in [-0.1, -0.05) is 22.9 Å². The predicted octanol–water partition coefficient (Wildman–Crippen LogP) is 2.56. The van der Waals surface area contributed by atoms with Gasteiger partial charge < -0.3 is 10.2 Å². The fraction of sp³-hybridized carbons (Fsp3) is 0.524. The van der Waals surface area contributed by atoms with Crippen LogP contribution in [0, 0.1) is 6.92 Å². The standard InChI is InChI=1S/C21H27N5O2/c1-15-5-7-16(8-6-15)21(28)26-12-3-2-4-18(26)11-13-25-14-19(23-24-25)20(27)22-17-9-10-17/h5-8,14,17-18H,2-4,9-13H2,1H3,(H,22,27). The Kier molecular flexibility index (Phi) is 5.41. The summed E-state index contributed by atoms with van der Waals surface area (Å²) >= 11 is 0. The number of carbonyl (C=O) groups is 2. The summed E-state index contributed by atoms with van der Waals surface area (Å²) < 4.78 is 1.71. The van der Waals surface area contributed by atoms with E-state index >= 15 is 0 Å². The number of amides is 2. The van der Waals surface area contributed by atoms with Crippen LogP contribution < -0.4 is 5.32 Å². The Balaban J connectivity index is 1.37. The Morgan fingerprint density at radius 1 is 1.14 bits per heavy atom. The maximum absolute atomic E-state index is 13.0. The molecule has 1 aliphatic heterocycles. The maximum Gasteiger partial charge on any atom is 0.273 e. The van der Waals surface area contributed by atoms with E-state index in [-0.39, 0.29) is 17.9 Å². The molecule has 1 saturated carbocycles. The van der Waals surface area contributed by atoms with Crippen LogP contribution in [0.3, 0.4) is 0 Å². The van der Waals surface area contributed by atoms with Gasteiger partial charge in [0.1, 0.15) is 0 Å². The second-order valence-corrected chi connectivity index (χ2v) is 7.92. The van der Waals surface area contributed by atoms with Crippen molar-refractivity contribution in [1.29, 1.82) is 0 Å². The fourth-order valence-corrected chi connectivity index (χ4v) is 3.71. The number of piperidine rings is 1. The molecule has 0 radical (unpaired) electrons. The van der Waals surface area contributed by atoms with Crippen LogP contribution >= 0.6 is 0 Å². The minimum atomic E-state index is -0.150. The lowest BCUT2D eigenvalue weighted by Crippen LogP contribution is -2.44. The van der Waals surface area contributed by atoms with E-state index in [1.54, 1.807) is 10.9 Å². The molecule has 28 heavy (non-hydrogen) atoms. The van der Waals surface area contributed by atoms with Gasteiger partial charge in [-0.25, -0.2) is 0 Å². The highest BCUT2D eigenvalue weighted by molar-refractivity contribution is 5.94. The van der Waals surface area contributed by atoms with Gasteiger partial charge in [-0.2, -0.15) is 0 Å². The third-order valence-electron chi connectivity index (χ3n) is 5.56. The molecular formula is C21H27N5O2. The van der Waals surface area contributed by atoms with Crippen molar-refractivity contribution < 1.29 is 9.59 Å². The summed E-state index contributed by atoms with van der Waals surface area (Å²) in [7, 11) is 0. The van der Waals surface area contributed by atoms with E-state index in [0.717, 1.165) is 56.2 Å². The number of carbonyl (C=O) groups excluding carboxylic acids is 2. The smallest absolute Gasteiger partial charge is 0.273 e. The lowest BCUT2D eigenvalue weighted by Gasteiger charge is -2.36. The molecule has 1 aromatic carbocycles. The van der Waals surface area contributed by atoms with E-state index in [4.69, 9.17) is 0 Å². The molecule has 2 aromatic rings. The number of nitrogens with zero attached hydrogens (tertiary/aromatic N) is 4. The quantitative estimate of drug-likeness (QED) is 0.834. The molecule has 148 valence electrons. The van der Waals surface area contributed by atoms with Crippen molar-refractivity contribution in [2.24, 2.45) is 0 Å². The van der Waals surface area contributed by atoms with Crippen molar-refractivity contribution in [1.82, 2.24) is 25.2 Å². The van der Waals surface area contributed by atoms with Crippen molar-refractivity contribution in [2.45, 2.75) is 64.1 Å². The summed E-state index contributed by atoms with van der Waals surface area (Å²) in [5.74, 6) is -0.0459. The first-order valence-corrected chi connectivity index (χ1v) is 10.2. The Morgan fingerprint density at radius 2 is 1.93 bits per heavy atom. The third-order valence-corrected chi connectivity index (χ3v) is 5.56. The normalized spacial score (nSPS) is 19.5.